The molecule has 0 aromatic carbocycles. The molecule has 4 heterocycles. The van der Waals surface area contributed by atoms with Gasteiger partial charge in [0.05, 0.1) is 0 Å². The highest BCUT2D eigenvalue weighted by Crippen LogP contribution is 2.38. The Kier molecular flexibility index (Phi) is 4.80. The van der Waals surface area contributed by atoms with Crippen molar-refractivity contribution in [3.8, 4) is 0 Å². The molecule has 2 bridgehead atoms. The molecule has 0 spiro atoms. The minimum absolute atomic E-state index is 0.124. The van der Waals surface area contributed by atoms with Crippen molar-refractivity contribution in [1.29, 1.82) is 0 Å². The first kappa shape index (κ1) is 17.6. The third-order valence-corrected chi connectivity index (χ3v) is 6.66. The maximum atomic E-state index is 13.0. The summed E-state index contributed by atoms with van der Waals surface area (Å²) >= 11 is 0. The van der Waals surface area contributed by atoms with Gasteiger partial charge in [-0.05, 0) is 31.1 Å². The molecule has 0 unspecified atom stereocenters. The predicted octanol–water partition coefficient (Wildman–Crippen LogP) is 0.993. The van der Waals surface area contributed by atoms with Gasteiger partial charge in [-0.2, -0.15) is 0 Å². The van der Waals surface area contributed by atoms with Crippen molar-refractivity contribution >= 4 is 17.8 Å². The Morgan fingerprint density at radius 3 is 2.46 bits per heavy atom. The Bertz CT molecular complexity index is 587. The molecule has 0 aromatic heterocycles. The van der Waals surface area contributed by atoms with E-state index in [0.717, 1.165) is 38.9 Å². The van der Waals surface area contributed by atoms with E-state index in [1.54, 1.807) is 0 Å². The maximum absolute atomic E-state index is 13.0. The van der Waals surface area contributed by atoms with Crippen molar-refractivity contribution < 1.29 is 14.4 Å². The van der Waals surface area contributed by atoms with Gasteiger partial charge in [0.15, 0.2) is 0 Å². The monoisotopic (exact) mass is 362 g/mol. The fourth-order valence-corrected chi connectivity index (χ4v) is 5.34. The van der Waals surface area contributed by atoms with Gasteiger partial charge in [0, 0.05) is 64.7 Å². The van der Waals surface area contributed by atoms with Gasteiger partial charge in [0.25, 0.3) is 0 Å². The van der Waals surface area contributed by atoms with Gasteiger partial charge in [0.1, 0.15) is 0 Å². The number of likely N-dealkylation sites (tertiary alicyclic amines) is 1. The van der Waals surface area contributed by atoms with Crippen LogP contribution >= 0.6 is 0 Å². The van der Waals surface area contributed by atoms with E-state index in [-0.39, 0.29) is 11.9 Å². The topological polar surface area (TPSA) is 64.2 Å². The molecular weight excluding hydrogens is 332 g/mol. The minimum atomic E-state index is 0.124. The first-order chi connectivity index (χ1) is 12.6. The van der Waals surface area contributed by atoms with Gasteiger partial charge < -0.3 is 19.6 Å². The molecule has 0 radical (unpaired) electrons. The van der Waals surface area contributed by atoms with Crippen LogP contribution in [0.25, 0.3) is 0 Å². The molecule has 0 saturated carbocycles. The summed E-state index contributed by atoms with van der Waals surface area (Å²) in [5.41, 5.74) is 0. The van der Waals surface area contributed by atoms with E-state index in [4.69, 9.17) is 0 Å². The number of rotatable bonds is 1. The van der Waals surface area contributed by atoms with E-state index in [1.807, 2.05) is 21.6 Å². The fourth-order valence-electron chi connectivity index (χ4n) is 5.34. The number of amides is 4. The second-order valence-electron chi connectivity index (χ2n) is 8.28. The third-order valence-electron chi connectivity index (χ3n) is 6.66. The Balaban J connectivity index is 1.37. The Hall–Kier alpha value is -1.79. The highest BCUT2D eigenvalue weighted by atomic mass is 16.2. The lowest BCUT2D eigenvalue weighted by molar-refractivity contribution is -0.144. The van der Waals surface area contributed by atoms with Crippen molar-refractivity contribution in [3.63, 3.8) is 0 Å². The minimum Gasteiger partial charge on any atom is -0.339 e. The third kappa shape index (κ3) is 3.16. The fraction of sp³-hybridized carbons (Fsp3) is 0.842. The summed E-state index contributed by atoms with van der Waals surface area (Å²) in [7, 11) is 0. The highest BCUT2D eigenvalue weighted by Gasteiger charge is 2.45. The molecule has 4 aliphatic heterocycles. The number of piperidine rings is 3. The van der Waals surface area contributed by atoms with Crippen LogP contribution in [0, 0.1) is 11.8 Å². The molecule has 0 aliphatic carbocycles. The molecule has 144 valence electrons. The number of carbonyl (C=O) groups excluding carboxylic acids is 3. The van der Waals surface area contributed by atoms with Crippen LogP contribution in [0.2, 0.25) is 0 Å². The van der Waals surface area contributed by atoms with Crippen molar-refractivity contribution in [2.45, 2.75) is 45.1 Å². The largest absolute Gasteiger partial charge is 0.339 e. The standard InChI is InChI=1S/C19H30N4O3/c1-2-17(24)20-6-8-21(9-7-20)19(26)22-11-14-10-15(13-22)16-4-3-5-18(25)23(16)12-14/h14-16H,2-13H2,1H3/t14-,15-,16-/m1/s1. The number of hydrogen-bond donors (Lipinski definition) is 0. The number of piperazine rings is 1. The first-order valence-corrected chi connectivity index (χ1v) is 10.2. The van der Waals surface area contributed by atoms with Crippen LogP contribution in [0.3, 0.4) is 0 Å². The van der Waals surface area contributed by atoms with Crippen LogP contribution in [0.4, 0.5) is 4.79 Å². The van der Waals surface area contributed by atoms with Crippen molar-refractivity contribution in [2.75, 3.05) is 45.8 Å². The molecule has 4 aliphatic rings. The van der Waals surface area contributed by atoms with E-state index in [9.17, 15) is 14.4 Å². The van der Waals surface area contributed by atoms with E-state index < -0.39 is 0 Å². The van der Waals surface area contributed by atoms with Crippen LogP contribution < -0.4 is 0 Å². The zero-order chi connectivity index (χ0) is 18.3. The second-order valence-corrected chi connectivity index (χ2v) is 8.28. The zero-order valence-electron chi connectivity index (χ0n) is 15.7. The Morgan fingerprint density at radius 1 is 1.00 bits per heavy atom. The summed E-state index contributed by atoms with van der Waals surface area (Å²) in [6.45, 7) is 6.79. The van der Waals surface area contributed by atoms with Crippen LogP contribution in [0.15, 0.2) is 0 Å². The average Bonchev–Trinajstić information content (AvgIpc) is 2.67. The van der Waals surface area contributed by atoms with Crippen LogP contribution in [-0.4, -0.2) is 89.3 Å². The van der Waals surface area contributed by atoms with Gasteiger partial charge >= 0.3 is 6.03 Å². The summed E-state index contributed by atoms with van der Waals surface area (Å²) in [6.07, 6.45) is 4.45. The molecule has 4 amide bonds. The maximum Gasteiger partial charge on any atom is 0.320 e. The second kappa shape index (κ2) is 7.08. The van der Waals surface area contributed by atoms with Crippen molar-refractivity contribution in [1.82, 2.24) is 19.6 Å². The number of nitrogens with zero attached hydrogens (tertiary/aromatic N) is 4. The quantitative estimate of drug-likeness (QED) is 0.699. The Morgan fingerprint density at radius 2 is 1.73 bits per heavy atom. The van der Waals surface area contributed by atoms with E-state index in [1.165, 1.54) is 0 Å². The zero-order valence-corrected chi connectivity index (χ0v) is 15.7. The molecule has 4 fully saturated rings. The van der Waals surface area contributed by atoms with Crippen LogP contribution in [0.5, 0.6) is 0 Å². The molecule has 0 N–H and O–H groups in total. The molecule has 0 aromatic rings. The van der Waals surface area contributed by atoms with E-state index in [2.05, 4.69) is 4.90 Å². The molecule has 4 rings (SSSR count). The van der Waals surface area contributed by atoms with Crippen LogP contribution in [-0.2, 0) is 9.59 Å². The van der Waals surface area contributed by atoms with Gasteiger partial charge in [-0.3, -0.25) is 9.59 Å². The van der Waals surface area contributed by atoms with Crippen molar-refractivity contribution in [2.24, 2.45) is 11.8 Å². The van der Waals surface area contributed by atoms with Gasteiger partial charge in [-0.25, -0.2) is 4.79 Å². The average molecular weight is 362 g/mol. The highest BCUT2D eigenvalue weighted by molar-refractivity contribution is 5.78. The molecule has 7 heteroatoms. The molecular formula is C19H30N4O3. The lowest BCUT2D eigenvalue weighted by Gasteiger charge is -2.53. The smallest absolute Gasteiger partial charge is 0.320 e. The lowest BCUT2D eigenvalue weighted by atomic mass is 9.76. The summed E-state index contributed by atoms with van der Waals surface area (Å²) in [5.74, 6) is 1.33. The molecule has 4 saturated heterocycles. The van der Waals surface area contributed by atoms with Gasteiger partial charge in [-0.1, -0.05) is 6.92 Å². The number of hydrogen-bond acceptors (Lipinski definition) is 3. The van der Waals surface area contributed by atoms with Gasteiger partial charge in [-0.15, -0.1) is 0 Å². The molecule has 7 nitrogen and oxygen atoms in total. The molecule has 26 heavy (non-hydrogen) atoms. The molecule has 3 atom stereocenters. The lowest BCUT2D eigenvalue weighted by Crippen LogP contribution is -2.63. The van der Waals surface area contributed by atoms with E-state index in [0.29, 0.717) is 62.8 Å². The van der Waals surface area contributed by atoms with E-state index >= 15 is 0 Å². The summed E-state index contributed by atoms with van der Waals surface area (Å²) in [5, 5.41) is 0. The van der Waals surface area contributed by atoms with Crippen LogP contribution in [0.1, 0.15) is 39.0 Å². The number of fused-ring (bicyclic) bond motifs is 4. The number of carbonyl (C=O) groups is 3. The predicted molar refractivity (Wildman–Crippen MR) is 96.4 cm³/mol. The summed E-state index contributed by atoms with van der Waals surface area (Å²) < 4.78 is 0. The number of urea groups is 1. The normalized spacial score (nSPS) is 31.7. The van der Waals surface area contributed by atoms with Gasteiger partial charge in [0.2, 0.25) is 11.8 Å². The SMILES string of the molecule is CCC(=O)N1CCN(C(=O)N2C[C@H]3C[C@H](C2)[C@H]2CCCC(=O)N2C3)CC1. The summed E-state index contributed by atoms with van der Waals surface area (Å²) in [4.78, 5) is 45.0. The first-order valence-electron chi connectivity index (χ1n) is 10.2. The summed E-state index contributed by atoms with van der Waals surface area (Å²) in [6, 6.07) is 0.459. The Labute approximate surface area is 155 Å². The van der Waals surface area contributed by atoms with Crippen molar-refractivity contribution in [3.05, 3.63) is 0 Å².